The molecule has 27 heavy (non-hydrogen) atoms. The Morgan fingerprint density at radius 2 is 1.85 bits per heavy atom. The third-order valence-electron chi connectivity index (χ3n) is 6.18. The fourth-order valence-electron chi connectivity index (χ4n) is 4.59. The van der Waals surface area contributed by atoms with Crippen molar-refractivity contribution in [1.82, 2.24) is 9.80 Å². The zero-order valence-corrected chi connectivity index (χ0v) is 16.0. The predicted molar refractivity (Wildman–Crippen MR) is 105 cm³/mol. The van der Waals surface area contributed by atoms with Gasteiger partial charge in [0, 0.05) is 32.8 Å². The van der Waals surface area contributed by atoms with Crippen LogP contribution in [0.25, 0.3) is 0 Å². The van der Waals surface area contributed by atoms with Crippen molar-refractivity contribution in [1.29, 1.82) is 0 Å². The number of piperidine rings is 2. The van der Waals surface area contributed by atoms with Crippen molar-refractivity contribution in [2.45, 2.75) is 37.5 Å². The number of rotatable bonds is 5. The van der Waals surface area contributed by atoms with E-state index in [-0.39, 0.29) is 18.4 Å². The van der Waals surface area contributed by atoms with Gasteiger partial charge < -0.3 is 14.9 Å². The van der Waals surface area contributed by atoms with Crippen LogP contribution in [0.5, 0.6) is 0 Å². The summed E-state index contributed by atoms with van der Waals surface area (Å²) in [5.41, 5.74) is 0.477. The van der Waals surface area contributed by atoms with Gasteiger partial charge in [-0.3, -0.25) is 9.59 Å². The van der Waals surface area contributed by atoms with Crippen LogP contribution in [0.4, 0.5) is 0 Å². The van der Waals surface area contributed by atoms with Crippen molar-refractivity contribution >= 4 is 11.8 Å². The zero-order chi connectivity index (χ0) is 19.3. The average Bonchev–Trinajstić information content (AvgIpc) is 2.74. The number of carbonyl (C=O) groups excluding carboxylic acids is 2. The Bertz CT molecular complexity index is 663. The maximum atomic E-state index is 13.7. The highest BCUT2D eigenvalue weighted by Gasteiger charge is 2.46. The van der Waals surface area contributed by atoms with Crippen LogP contribution in [0, 0.1) is 5.92 Å². The van der Waals surface area contributed by atoms with Gasteiger partial charge in [-0.2, -0.15) is 0 Å². The Morgan fingerprint density at radius 1 is 1.15 bits per heavy atom. The summed E-state index contributed by atoms with van der Waals surface area (Å²) < 4.78 is 0. The second-order valence-corrected chi connectivity index (χ2v) is 7.75. The topological polar surface area (TPSA) is 60.9 Å². The molecule has 0 aliphatic carbocycles. The van der Waals surface area contributed by atoms with Crippen molar-refractivity contribution in [3.05, 3.63) is 48.6 Å². The van der Waals surface area contributed by atoms with Gasteiger partial charge in [-0.15, -0.1) is 0 Å². The first-order valence-corrected chi connectivity index (χ1v) is 9.98. The molecule has 0 aromatic heterocycles. The molecule has 0 radical (unpaired) electrons. The third-order valence-corrected chi connectivity index (χ3v) is 6.18. The largest absolute Gasteiger partial charge is 0.396 e. The molecule has 1 unspecified atom stereocenters. The van der Waals surface area contributed by atoms with Crippen molar-refractivity contribution < 1.29 is 14.7 Å². The Kier molecular flexibility index (Phi) is 6.32. The van der Waals surface area contributed by atoms with Gasteiger partial charge in [-0.1, -0.05) is 36.9 Å². The highest BCUT2D eigenvalue weighted by atomic mass is 16.3. The fraction of sp³-hybridized carbons (Fsp3) is 0.545. The predicted octanol–water partition coefficient (Wildman–Crippen LogP) is 2.35. The molecule has 1 atom stereocenters. The molecule has 5 heteroatoms. The molecule has 2 saturated heterocycles. The summed E-state index contributed by atoms with van der Waals surface area (Å²) in [6.07, 6.45) is 5.44. The molecule has 2 aliphatic rings. The van der Waals surface area contributed by atoms with Gasteiger partial charge in [0.05, 0.1) is 5.41 Å². The zero-order valence-electron chi connectivity index (χ0n) is 16.0. The van der Waals surface area contributed by atoms with Crippen LogP contribution in [-0.4, -0.2) is 59.5 Å². The van der Waals surface area contributed by atoms with Gasteiger partial charge in [0.25, 0.3) is 0 Å². The summed E-state index contributed by atoms with van der Waals surface area (Å²) in [5, 5.41) is 9.28. The van der Waals surface area contributed by atoms with Crippen LogP contribution in [0.2, 0.25) is 0 Å². The quantitative estimate of drug-likeness (QED) is 0.810. The highest BCUT2D eigenvalue weighted by molar-refractivity contribution is 5.90. The summed E-state index contributed by atoms with van der Waals surface area (Å²) in [6.45, 7) is 6.40. The summed E-state index contributed by atoms with van der Waals surface area (Å²) >= 11 is 0. The van der Waals surface area contributed by atoms with Crippen LogP contribution in [0.1, 0.15) is 37.7 Å². The van der Waals surface area contributed by atoms with E-state index < -0.39 is 5.41 Å². The molecule has 1 N–H and O–H groups in total. The van der Waals surface area contributed by atoms with Crippen molar-refractivity contribution in [3.63, 3.8) is 0 Å². The molecule has 0 spiro atoms. The highest BCUT2D eigenvalue weighted by Crippen LogP contribution is 2.38. The van der Waals surface area contributed by atoms with E-state index in [0.717, 1.165) is 37.9 Å². The molecular weight excluding hydrogens is 340 g/mol. The van der Waals surface area contributed by atoms with E-state index in [4.69, 9.17) is 0 Å². The van der Waals surface area contributed by atoms with Crippen LogP contribution in [0.15, 0.2) is 43.0 Å². The van der Waals surface area contributed by atoms with Crippen molar-refractivity contribution in [2.24, 2.45) is 5.92 Å². The van der Waals surface area contributed by atoms with E-state index >= 15 is 0 Å². The van der Waals surface area contributed by atoms with Gasteiger partial charge in [-0.05, 0) is 49.7 Å². The molecule has 0 bridgehead atoms. The minimum Gasteiger partial charge on any atom is -0.396 e. The molecule has 146 valence electrons. The van der Waals surface area contributed by atoms with Crippen LogP contribution >= 0.6 is 0 Å². The second kappa shape index (κ2) is 8.70. The summed E-state index contributed by atoms with van der Waals surface area (Å²) in [4.78, 5) is 29.5. The fourth-order valence-corrected chi connectivity index (χ4v) is 4.59. The van der Waals surface area contributed by atoms with Gasteiger partial charge in [0.1, 0.15) is 0 Å². The van der Waals surface area contributed by atoms with Crippen LogP contribution in [-0.2, 0) is 15.0 Å². The SMILES string of the molecule is C=CC(=O)N1CCC(C(=O)N2CCCC(CCO)C2)(c2ccccc2)CC1. The first kappa shape index (κ1) is 19.6. The van der Waals surface area contributed by atoms with Crippen molar-refractivity contribution in [3.8, 4) is 0 Å². The first-order valence-electron chi connectivity index (χ1n) is 9.98. The Hall–Kier alpha value is -2.14. The van der Waals surface area contributed by atoms with Crippen molar-refractivity contribution in [2.75, 3.05) is 32.8 Å². The number of hydrogen-bond donors (Lipinski definition) is 1. The second-order valence-electron chi connectivity index (χ2n) is 7.75. The lowest BCUT2D eigenvalue weighted by atomic mass is 9.71. The first-order chi connectivity index (χ1) is 13.1. The van der Waals surface area contributed by atoms with E-state index in [1.54, 1.807) is 4.90 Å². The standard InChI is InChI=1S/C22H30N2O3/c1-2-20(26)23-14-11-22(12-15-23,19-8-4-3-5-9-19)21(27)24-13-6-7-18(17-24)10-16-25/h2-5,8-9,18,25H,1,6-7,10-17H2. The lowest BCUT2D eigenvalue weighted by molar-refractivity contribution is -0.143. The molecule has 3 rings (SSSR count). The molecule has 5 nitrogen and oxygen atoms in total. The van der Waals surface area contributed by atoms with E-state index in [9.17, 15) is 14.7 Å². The third kappa shape index (κ3) is 4.08. The monoisotopic (exact) mass is 370 g/mol. The Balaban J connectivity index is 1.84. The molecule has 0 saturated carbocycles. The molecule has 1 aromatic rings. The number of carbonyl (C=O) groups is 2. The lowest BCUT2D eigenvalue weighted by Crippen LogP contribution is -2.55. The smallest absolute Gasteiger partial charge is 0.245 e. The molecule has 2 heterocycles. The molecule has 2 amide bonds. The van der Waals surface area contributed by atoms with Crippen LogP contribution in [0.3, 0.4) is 0 Å². The minimum atomic E-state index is -0.569. The Labute approximate surface area is 161 Å². The number of amides is 2. The van der Waals surface area contributed by atoms with Gasteiger partial charge in [0.2, 0.25) is 11.8 Å². The molecule has 2 fully saturated rings. The van der Waals surface area contributed by atoms with Gasteiger partial charge >= 0.3 is 0 Å². The lowest BCUT2D eigenvalue weighted by Gasteiger charge is -2.45. The van der Waals surface area contributed by atoms with Gasteiger partial charge in [-0.25, -0.2) is 0 Å². The summed E-state index contributed by atoms with van der Waals surface area (Å²) in [6, 6.07) is 10.0. The normalized spacial score (nSPS) is 22.3. The molecular formula is C22H30N2O3. The van der Waals surface area contributed by atoms with Gasteiger partial charge in [0.15, 0.2) is 0 Å². The number of likely N-dealkylation sites (tertiary alicyclic amines) is 2. The number of hydrogen-bond acceptors (Lipinski definition) is 3. The summed E-state index contributed by atoms with van der Waals surface area (Å²) in [5.74, 6) is 0.495. The number of benzene rings is 1. The number of aliphatic hydroxyl groups is 1. The average molecular weight is 370 g/mol. The Morgan fingerprint density at radius 3 is 2.48 bits per heavy atom. The minimum absolute atomic E-state index is 0.0647. The molecule has 2 aliphatic heterocycles. The van der Waals surface area contributed by atoms with Crippen LogP contribution < -0.4 is 0 Å². The molecule has 1 aromatic carbocycles. The van der Waals surface area contributed by atoms with E-state index in [2.05, 4.69) is 6.58 Å². The van der Waals surface area contributed by atoms with E-state index in [0.29, 0.717) is 31.8 Å². The number of aliphatic hydroxyl groups excluding tert-OH is 1. The van der Waals surface area contributed by atoms with E-state index in [1.165, 1.54) is 6.08 Å². The van der Waals surface area contributed by atoms with E-state index in [1.807, 2.05) is 35.2 Å². The maximum absolute atomic E-state index is 13.7. The maximum Gasteiger partial charge on any atom is 0.245 e. The summed E-state index contributed by atoms with van der Waals surface area (Å²) in [7, 11) is 0. The number of nitrogens with zero attached hydrogens (tertiary/aromatic N) is 2.